The fourth-order valence-electron chi connectivity index (χ4n) is 1.59. The predicted molar refractivity (Wildman–Crippen MR) is 68.5 cm³/mol. The average Bonchev–Trinajstić information content (AvgIpc) is 2.87. The smallest absolute Gasteiger partial charge is 0.320 e. The van der Waals surface area contributed by atoms with Gasteiger partial charge in [-0.15, -0.1) is 11.3 Å². The Kier molecular flexibility index (Phi) is 5.80. The number of thiophene rings is 1. The van der Waals surface area contributed by atoms with Crippen molar-refractivity contribution in [3.05, 3.63) is 22.4 Å². The number of rotatable bonds is 7. The maximum Gasteiger partial charge on any atom is 0.320 e. The van der Waals surface area contributed by atoms with E-state index in [2.05, 4.69) is 10.1 Å². The molecule has 2 unspecified atom stereocenters. The number of carbonyl (C=O) groups is 2. The van der Waals surface area contributed by atoms with Crippen LogP contribution in [0.3, 0.4) is 0 Å². The zero-order chi connectivity index (χ0) is 13.5. The molecule has 0 aromatic carbocycles. The lowest BCUT2D eigenvalue weighted by molar-refractivity contribution is -0.143. The number of ether oxygens (including phenoxy) is 1. The molecule has 0 saturated carbocycles. The Morgan fingerprint density at radius 2 is 2.28 bits per heavy atom. The standard InChI is InChI=1S/C12H17NO4S/c1-3-8(12(15)16)13-9(7-11(14)17-2)10-5-4-6-18-10/h4-6,8-9,13H,3,7H2,1-2H3,(H,15,16). The van der Waals surface area contributed by atoms with Crippen molar-refractivity contribution < 1.29 is 19.4 Å². The van der Waals surface area contributed by atoms with Crippen molar-refractivity contribution in [2.75, 3.05) is 7.11 Å². The molecular formula is C12H17NO4S. The molecule has 1 aromatic rings. The molecule has 0 amide bonds. The monoisotopic (exact) mass is 271 g/mol. The van der Waals surface area contributed by atoms with Crippen molar-refractivity contribution >= 4 is 23.3 Å². The zero-order valence-electron chi connectivity index (χ0n) is 10.4. The van der Waals surface area contributed by atoms with E-state index >= 15 is 0 Å². The highest BCUT2D eigenvalue weighted by Gasteiger charge is 2.23. The van der Waals surface area contributed by atoms with Crippen LogP contribution in [-0.2, 0) is 14.3 Å². The molecule has 1 rings (SSSR count). The highest BCUT2D eigenvalue weighted by atomic mass is 32.1. The molecule has 2 atom stereocenters. The van der Waals surface area contributed by atoms with E-state index in [4.69, 9.17) is 5.11 Å². The maximum atomic E-state index is 11.4. The molecule has 5 nitrogen and oxygen atoms in total. The summed E-state index contributed by atoms with van der Waals surface area (Å²) in [5.41, 5.74) is 0. The number of nitrogens with one attached hydrogen (secondary N) is 1. The summed E-state index contributed by atoms with van der Waals surface area (Å²) in [6, 6.07) is 2.76. The van der Waals surface area contributed by atoms with Crippen LogP contribution in [0.15, 0.2) is 17.5 Å². The van der Waals surface area contributed by atoms with Gasteiger partial charge in [0.1, 0.15) is 6.04 Å². The summed E-state index contributed by atoms with van der Waals surface area (Å²) in [5.74, 6) is -1.27. The lowest BCUT2D eigenvalue weighted by Gasteiger charge is -2.20. The van der Waals surface area contributed by atoms with Gasteiger partial charge in [0.05, 0.1) is 19.6 Å². The molecule has 0 radical (unpaired) electrons. The van der Waals surface area contributed by atoms with Gasteiger partial charge in [0.2, 0.25) is 0 Å². The quantitative estimate of drug-likeness (QED) is 0.740. The first-order valence-electron chi connectivity index (χ1n) is 5.67. The molecule has 6 heteroatoms. The second kappa shape index (κ2) is 7.13. The van der Waals surface area contributed by atoms with E-state index in [1.54, 1.807) is 6.92 Å². The number of carboxylic acids is 1. The third-order valence-electron chi connectivity index (χ3n) is 2.59. The molecule has 0 bridgehead atoms. The maximum absolute atomic E-state index is 11.4. The molecule has 18 heavy (non-hydrogen) atoms. The summed E-state index contributed by atoms with van der Waals surface area (Å²) in [4.78, 5) is 23.3. The predicted octanol–water partition coefficient (Wildman–Crippen LogP) is 1.81. The highest BCUT2D eigenvalue weighted by Crippen LogP contribution is 2.23. The third kappa shape index (κ3) is 4.12. The fourth-order valence-corrected chi connectivity index (χ4v) is 2.37. The first kappa shape index (κ1) is 14.7. The molecule has 100 valence electrons. The fraction of sp³-hybridized carbons (Fsp3) is 0.500. The van der Waals surface area contributed by atoms with Crippen molar-refractivity contribution in [2.24, 2.45) is 0 Å². The van der Waals surface area contributed by atoms with Crippen molar-refractivity contribution in [3.8, 4) is 0 Å². The van der Waals surface area contributed by atoms with Gasteiger partial charge in [0.15, 0.2) is 0 Å². The second-order valence-corrected chi connectivity index (χ2v) is 4.79. The minimum Gasteiger partial charge on any atom is -0.480 e. The van der Waals surface area contributed by atoms with Crippen LogP contribution < -0.4 is 5.32 Å². The van der Waals surface area contributed by atoms with Crippen molar-refractivity contribution in [1.29, 1.82) is 0 Å². The van der Waals surface area contributed by atoms with E-state index in [1.165, 1.54) is 18.4 Å². The summed E-state index contributed by atoms with van der Waals surface area (Å²) in [6.07, 6.45) is 0.583. The van der Waals surface area contributed by atoms with Crippen molar-refractivity contribution in [1.82, 2.24) is 5.32 Å². The normalized spacial score (nSPS) is 13.9. The number of carbonyl (C=O) groups excluding carboxylic acids is 1. The summed E-state index contributed by atoms with van der Waals surface area (Å²) >= 11 is 1.48. The number of hydrogen-bond donors (Lipinski definition) is 2. The van der Waals surface area contributed by atoms with E-state index in [1.807, 2.05) is 17.5 Å². The van der Waals surface area contributed by atoms with Gasteiger partial charge in [-0.25, -0.2) is 0 Å². The SMILES string of the molecule is CCC(NC(CC(=O)OC)c1cccs1)C(=O)O. The van der Waals surface area contributed by atoms with E-state index < -0.39 is 12.0 Å². The largest absolute Gasteiger partial charge is 0.480 e. The van der Waals surface area contributed by atoms with Crippen LogP contribution in [0.25, 0.3) is 0 Å². The Bertz CT molecular complexity index is 391. The zero-order valence-corrected chi connectivity index (χ0v) is 11.2. The van der Waals surface area contributed by atoms with Crippen LogP contribution in [-0.4, -0.2) is 30.2 Å². The van der Waals surface area contributed by atoms with Crippen LogP contribution >= 0.6 is 11.3 Å². The van der Waals surface area contributed by atoms with Crippen LogP contribution in [0.5, 0.6) is 0 Å². The van der Waals surface area contributed by atoms with E-state index in [0.29, 0.717) is 6.42 Å². The number of hydrogen-bond acceptors (Lipinski definition) is 5. The molecule has 1 heterocycles. The van der Waals surface area contributed by atoms with E-state index in [9.17, 15) is 9.59 Å². The highest BCUT2D eigenvalue weighted by molar-refractivity contribution is 7.10. The minimum absolute atomic E-state index is 0.126. The van der Waals surface area contributed by atoms with Crippen LogP contribution in [0, 0.1) is 0 Å². The Hall–Kier alpha value is -1.40. The van der Waals surface area contributed by atoms with Crippen LogP contribution in [0.1, 0.15) is 30.7 Å². The molecule has 0 aliphatic heterocycles. The Balaban J connectivity index is 2.77. The van der Waals surface area contributed by atoms with Gasteiger partial charge < -0.3 is 9.84 Å². The minimum atomic E-state index is -0.913. The number of carboxylic acid groups (broad SMARTS) is 1. The van der Waals surface area contributed by atoms with Crippen molar-refractivity contribution in [2.45, 2.75) is 31.8 Å². The summed E-state index contributed by atoms with van der Waals surface area (Å²) in [5, 5.41) is 13.9. The Morgan fingerprint density at radius 3 is 2.72 bits per heavy atom. The number of aliphatic carboxylic acids is 1. The van der Waals surface area contributed by atoms with Crippen LogP contribution in [0.2, 0.25) is 0 Å². The number of methoxy groups -OCH3 is 1. The Morgan fingerprint density at radius 1 is 1.56 bits per heavy atom. The van der Waals surface area contributed by atoms with Gasteiger partial charge in [0, 0.05) is 4.88 Å². The molecule has 1 aromatic heterocycles. The summed E-state index contributed by atoms with van der Waals surface area (Å²) < 4.78 is 4.63. The first-order valence-corrected chi connectivity index (χ1v) is 6.55. The molecule has 2 N–H and O–H groups in total. The molecule has 0 aliphatic rings. The molecular weight excluding hydrogens is 254 g/mol. The lowest BCUT2D eigenvalue weighted by Crippen LogP contribution is -2.39. The van der Waals surface area contributed by atoms with Gasteiger partial charge in [0.25, 0.3) is 0 Å². The molecule has 0 aliphatic carbocycles. The Labute approximate surface area is 110 Å². The van der Waals surface area contributed by atoms with Crippen molar-refractivity contribution in [3.63, 3.8) is 0 Å². The summed E-state index contributed by atoms with van der Waals surface area (Å²) in [6.45, 7) is 1.79. The van der Waals surface area contributed by atoms with Gasteiger partial charge in [-0.05, 0) is 17.9 Å². The third-order valence-corrected chi connectivity index (χ3v) is 3.58. The first-order chi connectivity index (χ1) is 8.58. The van der Waals surface area contributed by atoms with E-state index in [0.717, 1.165) is 4.88 Å². The molecule has 0 fully saturated rings. The van der Waals surface area contributed by atoms with Gasteiger partial charge in [-0.2, -0.15) is 0 Å². The van der Waals surface area contributed by atoms with Gasteiger partial charge in [-0.3, -0.25) is 14.9 Å². The second-order valence-electron chi connectivity index (χ2n) is 3.81. The molecule has 0 saturated heterocycles. The topological polar surface area (TPSA) is 75.6 Å². The average molecular weight is 271 g/mol. The summed E-state index contributed by atoms with van der Waals surface area (Å²) in [7, 11) is 1.32. The van der Waals surface area contributed by atoms with Gasteiger partial charge >= 0.3 is 11.9 Å². The lowest BCUT2D eigenvalue weighted by atomic mass is 10.1. The number of esters is 1. The molecule has 0 spiro atoms. The van der Waals surface area contributed by atoms with E-state index in [-0.39, 0.29) is 18.4 Å². The van der Waals surface area contributed by atoms with Gasteiger partial charge in [-0.1, -0.05) is 13.0 Å². The van der Waals surface area contributed by atoms with Crippen LogP contribution in [0.4, 0.5) is 0 Å².